The SMILES string of the molecule is C=N/C(=C\SCNc1ccc(C(=O)N(C)[C@@H]2CCCC(=N)C2)cn1)c1sc(C)nc1C. The highest BCUT2D eigenvalue weighted by Gasteiger charge is 2.25. The zero-order chi connectivity index (χ0) is 22.4. The number of pyridine rings is 1. The van der Waals surface area contributed by atoms with Crippen LogP contribution in [0.4, 0.5) is 5.82 Å². The molecular weight excluding hydrogens is 428 g/mol. The van der Waals surface area contributed by atoms with Gasteiger partial charge in [0.2, 0.25) is 0 Å². The third-order valence-corrected chi connectivity index (χ3v) is 7.01. The minimum absolute atomic E-state index is 0.0482. The van der Waals surface area contributed by atoms with Crippen molar-refractivity contribution in [3.63, 3.8) is 0 Å². The van der Waals surface area contributed by atoms with Crippen molar-refractivity contribution in [3.8, 4) is 0 Å². The van der Waals surface area contributed by atoms with Gasteiger partial charge in [-0.1, -0.05) is 0 Å². The van der Waals surface area contributed by atoms with Crippen LogP contribution in [0.1, 0.15) is 51.6 Å². The Bertz CT molecular complexity index is 982. The smallest absolute Gasteiger partial charge is 0.255 e. The van der Waals surface area contributed by atoms with Gasteiger partial charge in [-0.15, -0.1) is 23.1 Å². The Morgan fingerprint density at radius 2 is 2.29 bits per heavy atom. The molecule has 3 rings (SSSR count). The van der Waals surface area contributed by atoms with Crippen molar-refractivity contribution < 1.29 is 4.79 Å². The van der Waals surface area contributed by atoms with Crippen molar-refractivity contribution in [3.05, 3.63) is 44.9 Å². The lowest BCUT2D eigenvalue weighted by atomic mass is 9.92. The van der Waals surface area contributed by atoms with Crippen LogP contribution in [-0.4, -0.2) is 52.2 Å². The van der Waals surface area contributed by atoms with Crippen molar-refractivity contribution >= 4 is 52.9 Å². The van der Waals surface area contributed by atoms with Crippen LogP contribution in [0.2, 0.25) is 0 Å². The number of amides is 1. The molecule has 9 heteroatoms. The minimum atomic E-state index is -0.0482. The van der Waals surface area contributed by atoms with E-state index in [1.807, 2.05) is 32.4 Å². The van der Waals surface area contributed by atoms with E-state index in [2.05, 4.69) is 27.0 Å². The lowest BCUT2D eigenvalue weighted by Gasteiger charge is -2.31. The molecule has 164 valence electrons. The number of anilines is 1. The summed E-state index contributed by atoms with van der Waals surface area (Å²) in [6, 6.07) is 3.72. The molecule has 2 N–H and O–H groups in total. The third-order valence-electron chi connectivity index (χ3n) is 5.21. The molecule has 1 amide bonds. The van der Waals surface area contributed by atoms with Gasteiger partial charge in [0.05, 0.1) is 32.7 Å². The van der Waals surface area contributed by atoms with Crippen LogP contribution in [0.15, 0.2) is 28.7 Å². The first-order valence-electron chi connectivity index (χ1n) is 10.1. The summed E-state index contributed by atoms with van der Waals surface area (Å²) in [4.78, 5) is 28.5. The van der Waals surface area contributed by atoms with Gasteiger partial charge < -0.3 is 15.6 Å². The number of hydrogen-bond acceptors (Lipinski definition) is 8. The molecule has 0 unspecified atom stereocenters. The minimum Gasteiger partial charge on any atom is -0.361 e. The van der Waals surface area contributed by atoms with Gasteiger partial charge >= 0.3 is 0 Å². The number of aromatic nitrogens is 2. The molecule has 0 saturated heterocycles. The first-order valence-corrected chi connectivity index (χ1v) is 12.0. The number of nitrogens with zero attached hydrogens (tertiary/aromatic N) is 4. The quantitative estimate of drug-likeness (QED) is 0.331. The van der Waals surface area contributed by atoms with E-state index >= 15 is 0 Å². The van der Waals surface area contributed by atoms with Crippen molar-refractivity contribution in [2.24, 2.45) is 4.99 Å². The third kappa shape index (κ3) is 6.01. The molecule has 1 atom stereocenters. The summed E-state index contributed by atoms with van der Waals surface area (Å²) in [7, 11) is 1.82. The molecule has 1 aliphatic carbocycles. The lowest BCUT2D eigenvalue weighted by Crippen LogP contribution is -2.40. The molecule has 2 heterocycles. The first kappa shape index (κ1) is 23.1. The Labute approximate surface area is 191 Å². The maximum atomic E-state index is 12.8. The molecule has 2 aromatic rings. The van der Waals surface area contributed by atoms with Gasteiger partial charge in [-0.2, -0.15) is 0 Å². The maximum Gasteiger partial charge on any atom is 0.255 e. The van der Waals surface area contributed by atoms with Crippen LogP contribution in [0.3, 0.4) is 0 Å². The van der Waals surface area contributed by atoms with Crippen LogP contribution >= 0.6 is 23.1 Å². The second kappa shape index (κ2) is 10.7. The molecule has 1 aliphatic rings. The summed E-state index contributed by atoms with van der Waals surface area (Å²) in [5.41, 5.74) is 3.08. The Morgan fingerprint density at radius 1 is 1.48 bits per heavy atom. The molecule has 0 bridgehead atoms. The van der Waals surface area contributed by atoms with Crippen LogP contribution in [-0.2, 0) is 0 Å². The van der Waals surface area contributed by atoms with Crippen molar-refractivity contribution in [1.29, 1.82) is 5.41 Å². The van der Waals surface area contributed by atoms with E-state index < -0.39 is 0 Å². The fourth-order valence-electron chi connectivity index (χ4n) is 3.53. The highest BCUT2D eigenvalue weighted by Crippen LogP contribution is 2.28. The fraction of sp³-hybridized carbons (Fsp3) is 0.409. The highest BCUT2D eigenvalue weighted by molar-refractivity contribution is 8.02. The summed E-state index contributed by atoms with van der Waals surface area (Å²) in [5, 5.41) is 14.1. The van der Waals surface area contributed by atoms with Gasteiger partial charge in [-0.25, -0.2) is 9.97 Å². The molecular formula is C22H28N6OS2. The van der Waals surface area contributed by atoms with Crippen LogP contribution in [0, 0.1) is 19.3 Å². The molecule has 1 fully saturated rings. The summed E-state index contributed by atoms with van der Waals surface area (Å²) < 4.78 is 0. The van der Waals surface area contributed by atoms with Gasteiger partial charge in [0.25, 0.3) is 5.91 Å². The number of thioether (sulfide) groups is 1. The zero-order valence-corrected chi connectivity index (χ0v) is 19.8. The number of carbonyl (C=O) groups is 1. The van der Waals surface area contributed by atoms with E-state index in [4.69, 9.17) is 5.41 Å². The first-order chi connectivity index (χ1) is 14.9. The van der Waals surface area contributed by atoms with E-state index in [-0.39, 0.29) is 11.9 Å². The fourth-order valence-corrected chi connectivity index (χ4v) is 5.17. The Morgan fingerprint density at radius 3 is 2.90 bits per heavy atom. The van der Waals surface area contributed by atoms with E-state index in [0.29, 0.717) is 23.7 Å². The van der Waals surface area contributed by atoms with Gasteiger partial charge in [0.15, 0.2) is 0 Å². The Balaban J connectivity index is 1.53. The summed E-state index contributed by atoms with van der Waals surface area (Å²) >= 11 is 3.18. The standard InChI is InChI=1S/C22H28N6OS2/c1-14-21(31-15(2)27-14)19(24-3)12-30-13-26-20-9-8-16(11-25-20)22(29)28(4)18-7-5-6-17(23)10-18/h8-9,11-12,18,23H,3,5-7,10,13H2,1-2,4H3,(H,25,26)/b19-12-,23-17?/t18-/m1/s1. The van der Waals surface area contributed by atoms with E-state index in [1.165, 1.54) is 0 Å². The molecule has 0 radical (unpaired) electrons. The Kier molecular flexibility index (Phi) is 7.97. The summed E-state index contributed by atoms with van der Waals surface area (Å²) in [6.45, 7) is 7.63. The van der Waals surface area contributed by atoms with Gasteiger partial charge in [-0.05, 0) is 57.4 Å². The van der Waals surface area contributed by atoms with Crippen LogP contribution in [0.5, 0.6) is 0 Å². The van der Waals surface area contributed by atoms with Gasteiger partial charge in [-0.3, -0.25) is 9.79 Å². The molecule has 31 heavy (non-hydrogen) atoms. The molecule has 7 nitrogen and oxygen atoms in total. The second-order valence-corrected chi connectivity index (χ2v) is 9.56. The number of rotatable bonds is 8. The van der Waals surface area contributed by atoms with Crippen LogP contribution in [0.25, 0.3) is 5.70 Å². The topological polar surface area (TPSA) is 94.3 Å². The molecule has 0 aromatic carbocycles. The van der Waals surface area contributed by atoms with E-state index in [9.17, 15) is 4.79 Å². The zero-order valence-electron chi connectivity index (χ0n) is 18.1. The number of aryl methyl sites for hydroxylation is 2. The molecule has 1 saturated carbocycles. The van der Waals surface area contributed by atoms with E-state index in [1.54, 1.807) is 40.3 Å². The second-order valence-electron chi connectivity index (χ2n) is 7.50. The maximum absolute atomic E-state index is 12.8. The normalized spacial score (nSPS) is 16.8. The number of aliphatic imine (C=N–C) groups is 1. The molecule has 0 spiro atoms. The van der Waals surface area contributed by atoms with Crippen molar-refractivity contribution in [2.45, 2.75) is 45.6 Å². The van der Waals surface area contributed by atoms with Crippen LogP contribution < -0.4 is 5.32 Å². The van der Waals surface area contributed by atoms with Gasteiger partial charge in [0.1, 0.15) is 5.82 Å². The number of nitrogens with one attached hydrogen (secondary N) is 2. The molecule has 2 aromatic heterocycles. The van der Waals surface area contributed by atoms with Gasteiger partial charge in [0, 0.05) is 31.4 Å². The summed E-state index contributed by atoms with van der Waals surface area (Å²) in [5.74, 6) is 1.27. The van der Waals surface area contributed by atoms with Crippen molar-refractivity contribution in [2.75, 3.05) is 18.2 Å². The van der Waals surface area contributed by atoms with E-state index in [0.717, 1.165) is 46.2 Å². The number of thiazole rings is 1. The Hall–Kier alpha value is -2.52. The summed E-state index contributed by atoms with van der Waals surface area (Å²) in [6.07, 6.45) is 5.05. The van der Waals surface area contributed by atoms with Crippen molar-refractivity contribution in [1.82, 2.24) is 14.9 Å². The predicted molar refractivity (Wildman–Crippen MR) is 132 cm³/mol. The molecule has 0 aliphatic heterocycles. The monoisotopic (exact) mass is 456 g/mol. The number of hydrogen-bond donors (Lipinski definition) is 2. The average Bonchev–Trinajstić information content (AvgIpc) is 3.11. The highest BCUT2D eigenvalue weighted by atomic mass is 32.2. The lowest BCUT2D eigenvalue weighted by molar-refractivity contribution is 0.0722. The number of carbonyl (C=O) groups excluding carboxylic acids is 1. The predicted octanol–water partition coefficient (Wildman–Crippen LogP) is 4.99. The average molecular weight is 457 g/mol. The largest absolute Gasteiger partial charge is 0.361 e.